The van der Waals surface area contributed by atoms with Crippen LogP contribution >= 0.6 is 7.82 Å². The Morgan fingerprint density at radius 2 is 1.75 bits per heavy atom. The van der Waals surface area contributed by atoms with Crippen LogP contribution in [0.25, 0.3) is 0 Å². The van der Waals surface area contributed by atoms with E-state index in [0.29, 0.717) is 0 Å². The first-order valence-corrected chi connectivity index (χ1v) is 2.55. The molecule has 0 aliphatic carbocycles. The maximum Gasteiger partial charge on any atom is 2.00 e. The molecule has 0 amide bonds. The molecule has 0 bridgehead atoms. The summed E-state index contributed by atoms with van der Waals surface area (Å²) in [7, 11) is -4.99. The Bertz CT molecular complexity index is 93.3. The number of halogens is 2. The van der Waals surface area contributed by atoms with Crippen LogP contribution in [0, 0.1) is 0 Å². The molecule has 0 radical (unpaired) electrons. The Morgan fingerprint density at radius 1 is 1.50 bits per heavy atom. The summed E-state index contributed by atoms with van der Waals surface area (Å²) in [5, 5.41) is 0. The Balaban J connectivity index is -0.0000000600. The molecule has 0 unspecified atom stereocenters. The molecule has 0 aliphatic rings. The van der Waals surface area contributed by atoms with Crippen molar-refractivity contribution in [1.29, 1.82) is 0 Å². The normalized spacial score (nSPS) is 10.4. The van der Waals surface area contributed by atoms with Gasteiger partial charge in [0, 0.05) is 0 Å². The largest absolute Gasteiger partial charge is 2.00 e. The summed E-state index contributed by atoms with van der Waals surface area (Å²) in [5.41, 5.74) is 0. The van der Waals surface area contributed by atoms with Gasteiger partial charge in [-0.3, -0.25) is 4.89 Å². The average molecular weight is 160 g/mol. The summed E-state index contributed by atoms with van der Waals surface area (Å²) in [6.45, 7) is 0. The van der Waals surface area contributed by atoms with Crippen LogP contribution in [-0.4, -0.2) is 27.9 Å². The fourth-order valence-corrected chi connectivity index (χ4v) is 0.0319. The molecule has 0 aromatic carbocycles. The third kappa shape index (κ3) is 4.88. The standard InChI is InChI=1S/F2HO4P.Mg.2H/c1-5-7(3,4)6-2;;;/h(H,3,4);;;/q;+2;2*-1. The van der Waals surface area contributed by atoms with E-state index in [0.717, 1.165) is 0 Å². The molecular weight excluding hydrogens is 157 g/mol. The zero-order valence-corrected chi connectivity index (χ0v) is 5.89. The fourth-order valence-electron chi connectivity index (χ4n) is 0.0106. The molecule has 0 saturated heterocycles. The molecular formula is H3F2MgO4P. The zero-order valence-electron chi connectivity index (χ0n) is 5.58. The van der Waals surface area contributed by atoms with Crippen molar-refractivity contribution in [3.8, 4) is 0 Å². The van der Waals surface area contributed by atoms with Crippen molar-refractivity contribution < 1.29 is 30.8 Å². The monoisotopic (exact) mass is 160 g/mol. The van der Waals surface area contributed by atoms with E-state index in [1.165, 1.54) is 0 Å². The van der Waals surface area contributed by atoms with Gasteiger partial charge in [0.1, 0.15) is 0 Å². The van der Waals surface area contributed by atoms with Gasteiger partial charge in [-0.1, -0.05) is 9.46 Å². The van der Waals surface area contributed by atoms with Crippen molar-refractivity contribution >= 4 is 30.9 Å². The minimum Gasteiger partial charge on any atom is -1.00 e. The van der Waals surface area contributed by atoms with E-state index in [9.17, 15) is 13.6 Å². The van der Waals surface area contributed by atoms with Gasteiger partial charge in [-0.2, -0.15) is 0 Å². The minimum atomic E-state index is -4.99. The zero-order chi connectivity index (χ0) is 5.91. The summed E-state index contributed by atoms with van der Waals surface area (Å²) < 4.78 is 34.3. The summed E-state index contributed by atoms with van der Waals surface area (Å²) >= 11 is 0. The van der Waals surface area contributed by atoms with E-state index < -0.39 is 7.82 Å². The van der Waals surface area contributed by atoms with Crippen LogP contribution in [0.2, 0.25) is 0 Å². The summed E-state index contributed by atoms with van der Waals surface area (Å²) in [6.07, 6.45) is 0. The second-order valence-electron chi connectivity index (χ2n) is 0.607. The first-order valence-electron chi connectivity index (χ1n) is 1.06. The number of hydrogen-bond acceptors (Lipinski definition) is 3. The Hall–Kier alpha value is 0.736. The van der Waals surface area contributed by atoms with Crippen LogP contribution < -0.4 is 0 Å². The van der Waals surface area contributed by atoms with Crippen LogP contribution in [0.5, 0.6) is 0 Å². The topological polar surface area (TPSA) is 55.8 Å². The van der Waals surface area contributed by atoms with Crippen LogP contribution in [0.1, 0.15) is 2.85 Å². The second kappa shape index (κ2) is 4.60. The summed E-state index contributed by atoms with van der Waals surface area (Å²) in [4.78, 5) is 7.49. The molecule has 0 saturated carbocycles. The van der Waals surface area contributed by atoms with Gasteiger partial charge in [0.05, 0.1) is 0 Å². The summed E-state index contributed by atoms with van der Waals surface area (Å²) in [6, 6.07) is 0. The van der Waals surface area contributed by atoms with Crippen LogP contribution in [0.3, 0.4) is 0 Å². The number of rotatable bonds is 2. The Morgan fingerprint density at radius 3 is 1.75 bits per heavy atom. The number of hydrogen-bond donors (Lipinski definition) is 1. The molecule has 4 nitrogen and oxygen atoms in total. The first kappa shape index (κ1) is 11.5. The summed E-state index contributed by atoms with van der Waals surface area (Å²) in [5.74, 6) is 0. The molecule has 0 heterocycles. The SMILES string of the molecule is O=P(O)(OF)OF.[H-].[H-].[Mg+2]. The van der Waals surface area contributed by atoms with Gasteiger partial charge in [-0.15, -0.1) is 0 Å². The maximum absolute atomic E-state index is 10.4. The van der Waals surface area contributed by atoms with Crippen molar-refractivity contribution in [2.45, 2.75) is 0 Å². The minimum absolute atomic E-state index is 0. The van der Waals surface area contributed by atoms with Gasteiger partial charge < -0.3 is 2.85 Å². The fraction of sp³-hybridized carbons (Fsp3) is 0. The van der Waals surface area contributed by atoms with E-state index >= 15 is 0 Å². The van der Waals surface area contributed by atoms with Crippen LogP contribution in [-0.2, 0) is 14.0 Å². The van der Waals surface area contributed by atoms with Gasteiger partial charge in [-0.05, 0) is 9.05 Å². The molecule has 48 valence electrons. The molecule has 0 atom stereocenters. The molecule has 8 heteroatoms. The van der Waals surface area contributed by atoms with Crippen molar-refractivity contribution in [1.82, 2.24) is 0 Å². The third-order valence-corrected chi connectivity index (χ3v) is 0.523. The third-order valence-electron chi connectivity index (χ3n) is 0.174. The van der Waals surface area contributed by atoms with Gasteiger partial charge >= 0.3 is 30.9 Å². The molecule has 0 spiro atoms. The van der Waals surface area contributed by atoms with Crippen molar-refractivity contribution in [2.24, 2.45) is 0 Å². The maximum atomic E-state index is 10.4. The smallest absolute Gasteiger partial charge is 1.00 e. The van der Waals surface area contributed by atoms with Gasteiger partial charge in [0.15, 0.2) is 0 Å². The molecule has 0 rings (SSSR count). The second-order valence-corrected chi connectivity index (χ2v) is 1.82. The van der Waals surface area contributed by atoms with Gasteiger partial charge in [0.25, 0.3) is 0 Å². The predicted octanol–water partition coefficient (Wildman–Crippen LogP) is 0.733. The van der Waals surface area contributed by atoms with Crippen LogP contribution in [0.4, 0.5) is 9.05 Å². The van der Waals surface area contributed by atoms with Gasteiger partial charge in [-0.25, -0.2) is 4.57 Å². The van der Waals surface area contributed by atoms with Crippen molar-refractivity contribution in [3.05, 3.63) is 0 Å². The van der Waals surface area contributed by atoms with E-state index in [-0.39, 0.29) is 25.9 Å². The molecule has 0 fully saturated rings. The molecule has 8 heavy (non-hydrogen) atoms. The van der Waals surface area contributed by atoms with E-state index in [1.54, 1.807) is 0 Å². The Labute approximate surface area is 62.3 Å². The van der Waals surface area contributed by atoms with Crippen LogP contribution in [0.15, 0.2) is 0 Å². The first-order chi connectivity index (χ1) is 3.12. The molecule has 0 aliphatic heterocycles. The quantitative estimate of drug-likeness (QED) is 0.478. The predicted molar refractivity (Wildman–Crippen MR) is 22.2 cm³/mol. The van der Waals surface area contributed by atoms with Crippen molar-refractivity contribution in [3.63, 3.8) is 0 Å². The molecule has 1 N–H and O–H groups in total. The molecule has 0 aromatic heterocycles. The number of phosphoric acid groups is 1. The Kier molecular flexibility index (Phi) is 6.62. The van der Waals surface area contributed by atoms with Crippen molar-refractivity contribution in [2.75, 3.05) is 0 Å². The van der Waals surface area contributed by atoms with E-state index in [1.807, 2.05) is 0 Å². The molecule has 0 aromatic rings. The average Bonchev–Trinajstić information content (AvgIpc) is 1.68. The van der Waals surface area contributed by atoms with Gasteiger partial charge in [0.2, 0.25) is 0 Å². The van der Waals surface area contributed by atoms with E-state index in [4.69, 9.17) is 4.89 Å². The van der Waals surface area contributed by atoms with E-state index in [2.05, 4.69) is 9.46 Å².